The summed E-state index contributed by atoms with van der Waals surface area (Å²) in [6.07, 6.45) is 6.91. The van der Waals surface area contributed by atoms with E-state index in [2.05, 4.69) is 26.1 Å². The van der Waals surface area contributed by atoms with Crippen LogP contribution in [0.4, 0.5) is 0 Å². The number of hydrogen-bond donors (Lipinski definition) is 1. The number of hydrogen-bond acceptors (Lipinski definition) is 1. The number of unbranched alkanes of at least 4 members (excludes halogenated alkanes) is 1. The molecule has 0 aromatic heterocycles. The lowest BCUT2D eigenvalue weighted by Gasteiger charge is -2.35. The Bertz CT molecular complexity index is 131. The second kappa shape index (κ2) is 5.64. The molecule has 0 aromatic rings. The minimum atomic E-state index is 0.821. The van der Waals surface area contributed by atoms with Crippen molar-refractivity contribution < 1.29 is 0 Å². The van der Waals surface area contributed by atoms with Gasteiger partial charge in [0.2, 0.25) is 0 Å². The van der Waals surface area contributed by atoms with Crippen molar-refractivity contribution in [2.75, 3.05) is 6.54 Å². The first kappa shape index (κ1) is 11.0. The molecular weight excluding hydrogens is 158 g/mol. The van der Waals surface area contributed by atoms with Gasteiger partial charge in [0, 0.05) is 6.04 Å². The van der Waals surface area contributed by atoms with Crippen molar-refractivity contribution in [3.8, 4) is 0 Å². The summed E-state index contributed by atoms with van der Waals surface area (Å²) in [5.74, 6) is 1.83. The molecule has 3 unspecified atom stereocenters. The molecule has 0 spiro atoms. The van der Waals surface area contributed by atoms with Gasteiger partial charge in [-0.3, -0.25) is 0 Å². The largest absolute Gasteiger partial charge is 0.313 e. The highest BCUT2D eigenvalue weighted by Crippen LogP contribution is 2.26. The third kappa shape index (κ3) is 3.30. The van der Waals surface area contributed by atoms with E-state index < -0.39 is 0 Å². The van der Waals surface area contributed by atoms with Crippen LogP contribution in [0.15, 0.2) is 0 Å². The quantitative estimate of drug-likeness (QED) is 0.706. The highest BCUT2D eigenvalue weighted by molar-refractivity contribution is 4.82. The van der Waals surface area contributed by atoms with Gasteiger partial charge >= 0.3 is 0 Å². The van der Waals surface area contributed by atoms with E-state index in [-0.39, 0.29) is 0 Å². The molecule has 78 valence electrons. The normalized spacial score (nSPS) is 34.8. The molecule has 1 aliphatic heterocycles. The molecule has 0 amide bonds. The van der Waals surface area contributed by atoms with Gasteiger partial charge in [-0.1, -0.05) is 40.0 Å². The van der Waals surface area contributed by atoms with Gasteiger partial charge in [-0.2, -0.15) is 0 Å². The van der Waals surface area contributed by atoms with Gasteiger partial charge in [0.25, 0.3) is 0 Å². The SMILES string of the molecule is CCCCC1NCC(C)CC1CC. The molecule has 1 N–H and O–H groups in total. The fourth-order valence-corrected chi connectivity index (χ4v) is 2.50. The maximum Gasteiger partial charge on any atom is 0.00954 e. The second-order valence-corrected chi connectivity index (χ2v) is 4.67. The molecule has 0 aromatic carbocycles. The lowest BCUT2D eigenvalue weighted by atomic mass is 9.82. The molecule has 1 aliphatic rings. The van der Waals surface area contributed by atoms with Crippen molar-refractivity contribution in [2.24, 2.45) is 11.8 Å². The van der Waals surface area contributed by atoms with E-state index in [0.29, 0.717) is 0 Å². The van der Waals surface area contributed by atoms with Crippen LogP contribution in [-0.4, -0.2) is 12.6 Å². The van der Waals surface area contributed by atoms with Crippen LogP contribution in [0.5, 0.6) is 0 Å². The second-order valence-electron chi connectivity index (χ2n) is 4.67. The summed E-state index contributed by atoms with van der Waals surface area (Å²) in [7, 11) is 0. The molecule has 1 heteroatoms. The van der Waals surface area contributed by atoms with E-state index in [4.69, 9.17) is 0 Å². The summed E-state index contributed by atoms with van der Waals surface area (Å²) in [5.41, 5.74) is 0. The van der Waals surface area contributed by atoms with Crippen LogP contribution in [0.2, 0.25) is 0 Å². The molecule has 0 radical (unpaired) electrons. The first-order valence-corrected chi connectivity index (χ1v) is 6.01. The van der Waals surface area contributed by atoms with Gasteiger partial charge < -0.3 is 5.32 Å². The Morgan fingerprint density at radius 3 is 2.69 bits per heavy atom. The number of nitrogens with one attached hydrogen (secondary N) is 1. The summed E-state index contributed by atoms with van der Waals surface area (Å²) >= 11 is 0. The minimum absolute atomic E-state index is 0.821. The topological polar surface area (TPSA) is 12.0 Å². The van der Waals surface area contributed by atoms with Gasteiger partial charge in [0.05, 0.1) is 0 Å². The lowest BCUT2D eigenvalue weighted by molar-refractivity contribution is 0.210. The molecule has 0 saturated carbocycles. The average molecular weight is 183 g/mol. The van der Waals surface area contributed by atoms with E-state index in [1.165, 1.54) is 38.6 Å². The first-order valence-electron chi connectivity index (χ1n) is 6.01. The van der Waals surface area contributed by atoms with E-state index in [0.717, 1.165) is 17.9 Å². The Balaban J connectivity index is 2.33. The Morgan fingerprint density at radius 2 is 2.08 bits per heavy atom. The molecule has 1 heterocycles. The molecule has 0 aliphatic carbocycles. The molecule has 1 fully saturated rings. The Kier molecular flexibility index (Phi) is 4.79. The third-order valence-corrected chi connectivity index (χ3v) is 3.40. The molecular formula is C12H25N. The van der Waals surface area contributed by atoms with E-state index in [9.17, 15) is 0 Å². The van der Waals surface area contributed by atoms with Gasteiger partial charge in [0.1, 0.15) is 0 Å². The van der Waals surface area contributed by atoms with Crippen molar-refractivity contribution in [3.05, 3.63) is 0 Å². The highest BCUT2D eigenvalue weighted by Gasteiger charge is 2.25. The standard InChI is InChI=1S/C12H25N/c1-4-6-7-12-11(5-2)8-10(3)9-13-12/h10-13H,4-9H2,1-3H3. The molecule has 0 bridgehead atoms. The van der Waals surface area contributed by atoms with E-state index in [1.807, 2.05) is 0 Å². The van der Waals surface area contributed by atoms with Crippen LogP contribution in [0, 0.1) is 11.8 Å². The van der Waals surface area contributed by atoms with Crippen molar-refractivity contribution in [2.45, 2.75) is 58.9 Å². The average Bonchev–Trinajstić information content (AvgIpc) is 2.16. The maximum absolute atomic E-state index is 3.70. The Morgan fingerprint density at radius 1 is 1.31 bits per heavy atom. The molecule has 3 atom stereocenters. The van der Waals surface area contributed by atoms with Crippen molar-refractivity contribution in [1.82, 2.24) is 5.32 Å². The van der Waals surface area contributed by atoms with Gasteiger partial charge in [-0.15, -0.1) is 0 Å². The van der Waals surface area contributed by atoms with Crippen molar-refractivity contribution in [1.29, 1.82) is 0 Å². The van der Waals surface area contributed by atoms with Gasteiger partial charge in [-0.25, -0.2) is 0 Å². The number of piperidine rings is 1. The van der Waals surface area contributed by atoms with Crippen molar-refractivity contribution >= 4 is 0 Å². The zero-order valence-corrected chi connectivity index (χ0v) is 9.47. The fourth-order valence-electron chi connectivity index (χ4n) is 2.50. The summed E-state index contributed by atoms with van der Waals surface area (Å²) in [5, 5.41) is 3.70. The molecule has 1 nitrogen and oxygen atoms in total. The minimum Gasteiger partial charge on any atom is -0.313 e. The van der Waals surface area contributed by atoms with Crippen LogP contribution in [-0.2, 0) is 0 Å². The van der Waals surface area contributed by atoms with Crippen LogP contribution in [0.3, 0.4) is 0 Å². The van der Waals surface area contributed by atoms with Crippen LogP contribution in [0.25, 0.3) is 0 Å². The molecule has 1 saturated heterocycles. The van der Waals surface area contributed by atoms with E-state index in [1.54, 1.807) is 0 Å². The van der Waals surface area contributed by atoms with Crippen LogP contribution < -0.4 is 5.32 Å². The Labute approximate surface area is 83.3 Å². The summed E-state index contributed by atoms with van der Waals surface area (Å²) in [6, 6.07) is 0.821. The summed E-state index contributed by atoms with van der Waals surface area (Å²) in [4.78, 5) is 0. The Hall–Kier alpha value is -0.0400. The van der Waals surface area contributed by atoms with E-state index >= 15 is 0 Å². The van der Waals surface area contributed by atoms with Gasteiger partial charge in [-0.05, 0) is 31.2 Å². The summed E-state index contributed by atoms with van der Waals surface area (Å²) < 4.78 is 0. The van der Waals surface area contributed by atoms with Crippen LogP contribution in [0.1, 0.15) is 52.9 Å². The smallest absolute Gasteiger partial charge is 0.00954 e. The highest BCUT2D eigenvalue weighted by atomic mass is 14.9. The maximum atomic E-state index is 3.70. The predicted molar refractivity (Wildman–Crippen MR) is 58.9 cm³/mol. The van der Waals surface area contributed by atoms with Gasteiger partial charge in [0.15, 0.2) is 0 Å². The lowest BCUT2D eigenvalue weighted by Crippen LogP contribution is -2.44. The predicted octanol–water partition coefficient (Wildman–Crippen LogP) is 3.20. The zero-order valence-electron chi connectivity index (χ0n) is 9.47. The fraction of sp³-hybridized carbons (Fsp3) is 1.00. The van der Waals surface area contributed by atoms with Crippen molar-refractivity contribution in [3.63, 3.8) is 0 Å². The molecule has 1 rings (SSSR count). The number of rotatable bonds is 4. The first-order chi connectivity index (χ1) is 6.27. The van der Waals surface area contributed by atoms with Crippen LogP contribution >= 0.6 is 0 Å². The zero-order chi connectivity index (χ0) is 9.68. The third-order valence-electron chi connectivity index (χ3n) is 3.40. The monoisotopic (exact) mass is 183 g/mol. The summed E-state index contributed by atoms with van der Waals surface area (Å²) in [6.45, 7) is 8.23. The molecule has 13 heavy (non-hydrogen) atoms.